The Labute approximate surface area is 206 Å². The second-order valence-electron chi connectivity index (χ2n) is 7.19. The third-order valence-corrected chi connectivity index (χ3v) is 7.05. The number of alkyl halides is 1. The van der Waals surface area contributed by atoms with E-state index in [1.807, 2.05) is 36.2 Å². The van der Waals surface area contributed by atoms with Crippen LogP contribution in [0.15, 0.2) is 65.4 Å². The summed E-state index contributed by atoms with van der Waals surface area (Å²) in [6.45, 7) is 4.66. The van der Waals surface area contributed by atoms with E-state index < -0.39 is 11.6 Å². The first-order chi connectivity index (χ1) is 15.6. The van der Waals surface area contributed by atoms with Gasteiger partial charge < -0.3 is 19.8 Å². The van der Waals surface area contributed by atoms with Gasteiger partial charge in [0.15, 0.2) is 0 Å². The molecule has 0 radical (unpaired) electrons. The van der Waals surface area contributed by atoms with Crippen molar-refractivity contribution in [2.75, 3.05) is 32.1 Å². The molecular formula is C24H31BrNO4S2+. The number of hydrogen-bond donors (Lipinski definition) is 3. The van der Waals surface area contributed by atoms with Gasteiger partial charge in [0.2, 0.25) is 5.60 Å². The molecule has 0 unspecified atom stereocenters. The maximum absolute atomic E-state index is 11.2. The lowest BCUT2D eigenvalue weighted by atomic mass is 10.0. The van der Waals surface area contributed by atoms with Gasteiger partial charge in [-0.1, -0.05) is 46.3 Å². The fourth-order valence-corrected chi connectivity index (χ4v) is 5.15. The summed E-state index contributed by atoms with van der Waals surface area (Å²) in [4.78, 5) is 13.7. The Kier molecular flexibility index (Phi) is 12.0. The summed E-state index contributed by atoms with van der Waals surface area (Å²) in [6, 6.07) is 16.8. The summed E-state index contributed by atoms with van der Waals surface area (Å²) >= 11 is 5.40. The minimum Gasteiger partial charge on any atom is -0.488 e. The molecule has 3 N–H and O–H groups in total. The lowest BCUT2D eigenvalue weighted by molar-refractivity contribution is -0.904. The van der Waals surface area contributed by atoms with Gasteiger partial charge in [-0.25, -0.2) is 4.79 Å². The van der Waals surface area contributed by atoms with E-state index in [2.05, 4.69) is 15.9 Å². The molecule has 3 heterocycles. The Balaban J connectivity index is 0.000000211. The first-order valence-corrected chi connectivity index (χ1v) is 13.9. The number of carbonyl (C=O) groups is 1. The number of halogens is 1. The monoisotopic (exact) mass is 540 g/mol. The van der Waals surface area contributed by atoms with Gasteiger partial charge >= 0.3 is 5.97 Å². The number of piperidine rings is 1. The van der Waals surface area contributed by atoms with Gasteiger partial charge in [0.25, 0.3) is 0 Å². The van der Waals surface area contributed by atoms with E-state index in [9.17, 15) is 9.90 Å². The van der Waals surface area contributed by atoms with Crippen molar-refractivity contribution in [3.8, 4) is 5.75 Å². The molecule has 1 aromatic carbocycles. The van der Waals surface area contributed by atoms with Crippen molar-refractivity contribution < 1.29 is 24.6 Å². The molecule has 2 aromatic heterocycles. The topological polar surface area (TPSA) is 71.2 Å². The number of hydrogen-bond acceptors (Lipinski definition) is 5. The van der Waals surface area contributed by atoms with Gasteiger partial charge in [-0.15, -0.1) is 22.7 Å². The van der Waals surface area contributed by atoms with Crippen LogP contribution in [0.4, 0.5) is 0 Å². The van der Waals surface area contributed by atoms with Gasteiger partial charge in [0.1, 0.15) is 18.9 Å². The number of likely N-dealkylation sites (tertiary alicyclic amines) is 1. The molecule has 1 fully saturated rings. The van der Waals surface area contributed by atoms with E-state index in [4.69, 9.17) is 9.84 Å². The van der Waals surface area contributed by atoms with Crippen molar-refractivity contribution in [3.63, 3.8) is 0 Å². The highest BCUT2D eigenvalue weighted by molar-refractivity contribution is 9.08. The van der Waals surface area contributed by atoms with Crippen molar-refractivity contribution >= 4 is 44.6 Å². The van der Waals surface area contributed by atoms with Crippen LogP contribution in [-0.4, -0.2) is 48.3 Å². The molecule has 1 saturated heterocycles. The van der Waals surface area contributed by atoms with Crippen LogP contribution >= 0.6 is 38.6 Å². The summed E-state index contributed by atoms with van der Waals surface area (Å²) in [6.07, 6.45) is 4.20. The van der Waals surface area contributed by atoms with Crippen LogP contribution < -0.4 is 9.64 Å². The van der Waals surface area contributed by atoms with E-state index in [1.54, 1.807) is 39.9 Å². The highest BCUT2D eigenvalue weighted by Gasteiger charge is 2.42. The minimum absolute atomic E-state index is 0.428. The number of benzene rings is 1. The van der Waals surface area contributed by atoms with Gasteiger partial charge in [0, 0.05) is 0 Å². The van der Waals surface area contributed by atoms with Crippen molar-refractivity contribution in [2.45, 2.75) is 24.9 Å². The van der Waals surface area contributed by atoms with Gasteiger partial charge in [-0.2, -0.15) is 0 Å². The summed E-state index contributed by atoms with van der Waals surface area (Å²) in [7, 11) is 0. The molecule has 0 aliphatic carbocycles. The average molecular weight is 542 g/mol. The fraction of sp³-hybridized carbons (Fsp3) is 0.375. The number of thiophene rings is 2. The number of nitrogens with one attached hydrogen (secondary N) is 1. The molecule has 1 aliphatic heterocycles. The zero-order valence-corrected chi connectivity index (χ0v) is 21.4. The van der Waals surface area contributed by atoms with E-state index >= 15 is 0 Å². The number of aliphatic hydroxyl groups is 1. The SMILES string of the molecule is CBr.O=C(O)C(O)(c1cccs1)c1cccs1.c1ccc(OCC[NH+]2CCCCC2)cc1. The Morgan fingerprint density at radius 1 is 0.969 bits per heavy atom. The van der Waals surface area contributed by atoms with Crippen molar-refractivity contribution in [1.82, 2.24) is 0 Å². The van der Waals surface area contributed by atoms with E-state index in [1.165, 1.54) is 55.0 Å². The van der Waals surface area contributed by atoms with E-state index in [0.717, 1.165) is 18.9 Å². The second-order valence-corrected chi connectivity index (χ2v) is 9.09. The smallest absolute Gasteiger partial charge is 0.346 e. The Morgan fingerprint density at radius 3 is 2.00 bits per heavy atom. The first kappa shape index (κ1) is 26.5. The van der Waals surface area contributed by atoms with Crippen LogP contribution in [0.2, 0.25) is 0 Å². The van der Waals surface area contributed by atoms with Crippen LogP contribution in [0, 0.1) is 0 Å². The van der Waals surface area contributed by atoms with E-state index in [-0.39, 0.29) is 0 Å². The van der Waals surface area contributed by atoms with Crippen molar-refractivity contribution in [3.05, 3.63) is 75.1 Å². The number of rotatable bonds is 7. The third kappa shape index (κ3) is 7.71. The summed E-state index contributed by atoms with van der Waals surface area (Å²) in [5, 5.41) is 22.9. The number of quaternary nitrogens is 1. The van der Waals surface area contributed by atoms with Crippen LogP contribution in [-0.2, 0) is 10.4 Å². The molecule has 3 aromatic rings. The molecule has 4 rings (SSSR count). The molecule has 0 atom stereocenters. The molecule has 1 aliphatic rings. The van der Waals surface area contributed by atoms with Crippen LogP contribution in [0.5, 0.6) is 5.75 Å². The Bertz CT molecular complexity index is 833. The second kappa shape index (κ2) is 14.4. The number of ether oxygens (including phenoxy) is 1. The average Bonchev–Trinajstić information content (AvgIpc) is 3.57. The largest absolute Gasteiger partial charge is 0.488 e. The quantitative estimate of drug-likeness (QED) is 0.391. The molecule has 0 saturated carbocycles. The van der Waals surface area contributed by atoms with Gasteiger partial charge in [0.05, 0.1) is 22.8 Å². The van der Waals surface area contributed by atoms with Crippen molar-refractivity contribution in [2.24, 2.45) is 0 Å². The summed E-state index contributed by atoms with van der Waals surface area (Å²) in [5.41, 5.74) is -1.90. The fourth-order valence-electron chi connectivity index (χ4n) is 3.43. The number of para-hydroxylation sites is 1. The van der Waals surface area contributed by atoms with E-state index in [0.29, 0.717) is 9.75 Å². The lowest BCUT2D eigenvalue weighted by Gasteiger charge is -2.23. The van der Waals surface area contributed by atoms with Crippen LogP contribution in [0.1, 0.15) is 29.0 Å². The predicted octanol–water partition coefficient (Wildman–Crippen LogP) is 4.28. The van der Waals surface area contributed by atoms with Gasteiger partial charge in [-0.3, -0.25) is 0 Å². The zero-order chi connectivity index (χ0) is 23.2. The maximum Gasteiger partial charge on any atom is 0.346 e. The predicted molar refractivity (Wildman–Crippen MR) is 135 cm³/mol. The molecule has 32 heavy (non-hydrogen) atoms. The number of carboxylic acid groups (broad SMARTS) is 1. The molecular weight excluding hydrogens is 510 g/mol. The number of carboxylic acids is 1. The third-order valence-electron chi connectivity index (χ3n) is 5.09. The van der Waals surface area contributed by atoms with Crippen LogP contribution in [0.3, 0.4) is 0 Å². The Morgan fingerprint density at radius 2 is 1.53 bits per heavy atom. The summed E-state index contributed by atoms with van der Waals surface area (Å²) < 4.78 is 5.69. The molecule has 0 amide bonds. The summed E-state index contributed by atoms with van der Waals surface area (Å²) in [5.74, 6) is 1.56. The molecule has 8 heteroatoms. The van der Waals surface area contributed by atoms with Crippen LogP contribution in [0.25, 0.3) is 0 Å². The normalized spacial score (nSPS) is 13.8. The standard InChI is InChI=1S/C13H19NO.C10H8O3S2.CH3Br/c1-3-7-13(8-4-1)15-12-11-14-9-5-2-6-10-14;11-9(12)10(13,7-3-1-5-14-7)8-4-2-6-15-8;1-2/h1,3-4,7-8H,2,5-6,9-12H2;1-6,13H,(H,11,12);1H3/p+1. The maximum atomic E-state index is 11.2. The highest BCUT2D eigenvalue weighted by Crippen LogP contribution is 2.35. The van der Waals surface area contributed by atoms with Gasteiger partial charge in [-0.05, 0) is 60.1 Å². The molecule has 0 spiro atoms. The first-order valence-electron chi connectivity index (χ1n) is 10.5. The van der Waals surface area contributed by atoms with Crippen molar-refractivity contribution in [1.29, 1.82) is 0 Å². The Hall–Kier alpha value is -1.71. The molecule has 5 nitrogen and oxygen atoms in total. The lowest BCUT2D eigenvalue weighted by Crippen LogP contribution is -3.13. The number of aliphatic carboxylic acids is 1. The highest BCUT2D eigenvalue weighted by atomic mass is 79.9. The minimum atomic E-state index is -1.90. The zero-order valence-electron chi connectivity index (χ0n) is 18.2. The molecule has 0 bridgehead atoms. The molecule has 174 valence electrons.